The summed E-state index contributed by atoms with van der Waals surface area (Å²) in [6.45, 7) is 4.86. The van der Waals surface area contributed by atoms with Gasteiger partial charge >= 0.3 is 0 Å². The third kappa shape index (κ3) is 6.04. The zero-order valence-corrected chi connectivity index (χ0v) is 39.0. The summed E-state index contributed by atoms with van der Waals surface area (Å²) in [5, 5.41) is 7.48. The summed E-state index contributed by atoms with van der Waals surface area (Å²) < 4.78 is 0. The smallest absolute Gasteiger partial charge is 0.0493 e. The number of nitrogens with zero attached hydrogens (tertiary/aromatic N) is 2. The molecule has 0 aromatic heterocycles. The van der Waals surface area contributed by atoms with E-state index in [1.165, 1.54) is 128 Å². The highest BCUT2D eigenvalue weighted by atomic mass is 15.2. The van der Waals surface area contributed by atoms with Gasteiger partial charge in [-0.1, -0.05) is 184 Å². The summed E-state index contributed by atoms with van der Waals surface area (Å²) in [6.07, 6.45) is 3.99. The van der Waals surface area contributed by atoms with Gasteiger partial charge in [-0.15, -0.1) is 0 Å². The molecule has 2 heterocycles. The van der Waals surface area contributed by atoms with Crippen molar-refractivity contribution in [3.8, 4) is 33.4 Å². The lowest BCUT2D eigenvalue weighted by atomic mass is 9.76. The van der Waals surface area contributed by atoms with Gasteiger partial charge in [-0.2, -0.15) is 0 Å². The molecule has 2 heteroatoms. The van der Waals surface area contributed by atoms with E-state index in [1.807, 2.05) is 0 Å². The van der Waals surface area contributed by atoms with Crippen molar-refractivity contribution < 1.29 is 0 Å². The Hall–Kier alpha value is -8.20. The lowest BCUT2D eigenvalue weighted by Gasteiger charge is -2.30. The van der Waals surface area contributed by atoms with Gasteiger partial charge in [0, 0.05) is 39.5 Å². The van der Waals surface area contributed by atoms with E-state index in [-0.39, 0.29) is 5.41 Å². The minimum Gasteiger partial charge on any atom is -0.310 e. The monoisotopic (exact) mass is 882 g/mol. The predicted molar refractivity (Wildman–Crippen MR) is 292 cm³/mol. The van der Waals surface area contributed by atoms with Crippen molar-refractivity contribution in [2.75, 3.05) is 9.80 Å². The van der Waals surface area contributed by atoms with E-state index in [9.17, 15) is 0 Å². The number of para-hydroxylation sites is 4. The SMILES string of the molecule is CC1(C)c2ccccc2-c2cccc(-c3c4cc(N5c6ccccc6CCc6ccccc65)ccc4c(-c4cccc5ccccc45)c4cc(N5c6ccccc6CCc6ccccc65)ccc34)c21. The Bertz CT molecular complexity index is 3810. The van der Waals surface area contributed by atoms with E-state index in [4.69, 9.17) is 0 Å². The Labute approximate surface area is 404 Å². The summed E-state index contributed by atoms with van der Waals surface area (Å²) in [5.41, 5.74) is 23.1. The van der Waals surface area contributed by atoms with E-state index in [0.29, 0.717) is 0 Å². The van der Waals surface area contributed by atoms with Crippen molar-refractivity contribution in [3.63, 3.8) is 0 Å². The topological polar surface area (TPSA) is 6.48 Å². The first-order chi connectivity index (χ1) is 34.0. The van der Waals surface area contributed by atoms with Gasteiger partial charge < -0.3 is 9.80 Å². The van der Waals surface area contributed by atoms with Crippen LogP contribution in [0.3, 0.4) is 0 Å². The van der Waals surface area contributed by atoms with E-state index < -0.39 is 0 Å². The van der Waals surface area contributed by atoms with Crippen molar-refractivity contribution in [1.29, 1.82) is 0 Å². The first-order valence-corrected chi connectivity index (χ1v) is 24.7. The molecule has 11 aromatic rings. The third-order valence-electron chi connectivity index (χ3n) is 15.8. The summed E-state index contributed by atoms with van der Waals surface area (Å²) in [4.78, 5) is 5.07. The number of hydrogen-bond acceptors (Lipinski definition) is 2. The molecule has 0 spiro atoms. The minimum atomic E-state index is -0.227. The Balaban J connectivity index is 1.14. The lowest BCUT2D eigenvalue weighted by molar-refractivity contribution is 0.662. The van der Waals surface area contributed by atoms with Crippen LogP contribution in [0.25, 0.3) is 65.7 Å². The first kappa shape index (κ1) is 39.9. The van der Waals surface area contributed by atoms with Gasteiger partial charge in [-0.05, 0) is 173 Å². The first-order valence-electron chi connectivity index (χ1n) is 24.7. The largest absolute Gasteiger partial charge is 0.310 e. The Morgan fingerprint density at radius 2 is 0.725 bits per heavy atom. The summed E-state index contributed by atoms with van der Waals surface area (Å²) in [6, 6.07) is 82.8. The second kappa shape index (κ2) is 15.4. The van der Waals surface area contributed by atoms with Crippen LogP contribution in [-0.4, -0.2) is 0 Å². The van der Waals surface area contributed by atoms with Crippen LogP contribution in [0.5, 0.6) is 0 Å². The minimum absolute atomic E-state index is 0.227. The van der Waals surface area contributed by atoms with Gasteiger partial charge in [0.1, 0.15) is 0 Å². The van der Waals surface area contributed by atoms with Crippen LogP contribution in [0.2, 0.25) is 0 Å². The fourth-order valence-corrected chi connectivity index (χ4v) is 12.7. The molecular formula is C67H50N2. The molecule has 3 aliphatic rings. The highest BCUT2D eigenvalue weighted by Gasteiger charge is 2.38. The molecule has 0 unspecified atom stereocenters. The maximum Gasteiger partial charge on any atom is 0.0493 e. The van der Waals surface area contributed by atoms with Crippen LogP contribution in [0, 0.1) is 0 Å². The van der Waals surface area contributed by atoms with E-state index in [2.05, 4.69) is 242 Å². The van der Waals surface area contributed by atoms with Crippen molar-refractivity contribution in [1.82, 2.24) is 0 Å². The average molecular weight is 883 g/mol. The molecule has 14 rings (SSSR count). The normalized spacial score (nSPS) is 14.3. The molecule has 328 valence electrons. The number of aryl methyl sites for hydroxylation is 4. The number of benzene rings is 11. The number of fused-ring (bicyclic) bond motifs is 10. The molecular weight excluding hydrogens is 833 g/mol. The molecule has 0 saturated heterocycles. The second-order valence-corrected chi connectivity index (χ2v) is 19.8. The van der Waals surface area contributed by atoms with Gasteiger partial charge in [0.25, 0.3) is 0 Å². The van der Waals surface area contributed by atoms with E-state index in [1.54, 1.807) is 0 Å². The zero-order valence-electron chi connectivity index (χ0n) is 39.0. The lowest BCUT2D eigenvalue weighted by Crippen LogP contribution is -2.16. The third-order valence-corrected chi connectivity index (χ3v) is 15.8. The van der Waals surface area contributed by atoms with Gasteiger partial charge in [0.2, 0.25) is 0 Å². The predicted octanol–water partition coefficient (Wildman–Crippen LogP) is 17.9. The van der Waals surface area contributed by atoms with Gasteiger partial charge in [-0.25, -0.2) is 0 Å². The highest BCUT2D eigenvalue weighted by molar-refractivity contribution is 6.25. The molecule has 0 saturated carbocycles. The molecule has 0 N–H and O–H groups in total. The van der Waals surface area contributed by atoms with Crippen LogP contribution in [-0.2, 0) is 31.1 Å². The van der Waals surface area contributed by atoms with Gasteiger partial charge in [-0.3, -0.25) is 0 Å². The quantitative estimate of drug-likeness (QED) is 0.163. The van der Waals surface area contributed by atoms with Crippen molar-refractivity contribution >= 4 is 66.4 Å². The number of anilines is 6. The molecule has 69 heavy (non-hydrogen) atoms. The zero-order chi connectivity index (χ0) is 45.8. The van der Waals surface area contributed by atoms with Gasteiger partial charge in [0.15, 0.2) is 0 Å². The summed E-state index contributed by atoms with van der Waals surface area (Å²) in [7, 11) is 0. The van der Waals surface area contributed by atoms with Crippen LogP contribution in [0.4, 0.5) is 34.1 Å². The Morgan fingerprint density at radius 1 is 0.319 bits per heavy atom. The Kier molecular flexibility index (Phi) is 8.92. The molecule has 1 aliphatic carbocycles. The highest BCUT2D eigenvalue weighted by Crippen LogP contribution is 2.56. The molecule has 0 fully saturated rings. The van der Waals surface area contributed by atoms with Crippen molar-refractivity contribution in [3.05, 3.63) is 252 Å². The molecule has 0 radical (unpaired) electrons. The van der Waals surface area contributed by atoms with Crippen LogP contribution < -0.4 is 9.80 Å². The molecule has 2 aliphatic heterocycles. The van der Waals surface area contributed by atoms with E-state index in [0.717, 1.165) is 31.4 Å². The standard InChI is InChI=1S/C67H50N2/c1-67(2)59-28-10-9-24-51(59)55-26-16-27-56(66(55)67)65-54-40-38-48(68-60-29-11-4-18-44(60)33-34-45-19-5-12-30-61(45)68)41-57(54)64(52-25-15-22-43-17-3-8-23-50(43)52)53-39-37-49(42-58(53)65)69-62-31-13-6-20-46(62)35-36-47-21-7-14-32-63(47)69/h3-32,37-42H,33-36H2,1-2H3. The molecule has 2 nitrogen and oxygen atoms in total. The average Bonchev–Trinajstić information content (AvgIpc) is 3.50. The fraction of sp³-hybridized carbons (Fsp3) is 0.104. The van der Waals surface area contributed by atoms with Gasteiger partial charge in [0.05, 0.1) is 0 Å². The molecule has 0 amide bonds. The van der Waals surface area contributed by atoms with Crippen molar-refractivity contribution in [2.24, 2.45) is 0 Å². The van der Waals surface area contributed by atoms with E-state index >= 15 is 0 Å². The summed E-state index contributed by atoms with van der Waals surface area (Å²) >= 11 is 0. The fourth-order valence-electron chi connectivity index (χ4n) is 12.7. The maximum atomic E-state index is 2.54. The second-order valence-electron chi connectivity index (χ2n) is 19.8. The number of rotatable bonds is 4. The van der Waals surface area contributed by atoms with Crippen LogP contribution >= 0.6 is 0 Å². The van der Waals surface area contributed by atoms with Crippen LogP contribution in [0.1, 0.15) is 47.2 Å². The van der Waals surface area contributed by atoms with Crippen LogP contribution in [0.15, 0.2) is 218 Å². The Morgan fingerprint density at radius 3 is 1.29 bits per heavy atom. The molecule has 0 bridgehead atoms. The molecule has 0 atom stereocenters. The maximum absolute atomic E-state index is 2.54. The summed E-state index contributed by atoms with van der Waals surface area (Å²) in [5.74, 6) is 0. The molecule has 11 aromatic carbocycles. The number of hydrogen-bond donors (Lipinski definition) is 0. The van der Waals surface area contributed by atoms with Crippen molar-refractivity contribution in [2.45, 2.75) is 44.9 Å².